The quantitative estimate of drug-likeness (QED) is 0.391. The van der Waals surface area contributed by atoms with E-state index in [1.165, 1.54) is 6.07 Å². The van der Waals surface area contributed by atoms with Crippen LogP contribution in [0.25, 0.3) is 0 Å². The molecule has 1 aromatic rings. The third-order valence-electron chi connectivity index (χ3n) is 0.815. The average molecular weight is 317 g/mol. The van der Waals surface area contributed by atoms with E-state index in [1.54, 1.807) is 6.92 Å². The van der Waals surface area contributed by atoms with Crippen molar-refractivity contribution in [3.05, 3.63) is 41.2 Å². The first-order valence-corrected chi connectivity index (χ1v) is 3.73. The van der Waals surface area contributed by atoms with Crippen LogP contribution in [0, 0.1) is 24.6 Å². The molecule has 0 saturated heterocycles. The van der Waals surface area contributed by atoms with E-state index in [2.05, 4.69) is 22.9 Å². The van der Waals surface area contributed by atoms with Crippen LogP contribution >= 0.6 is 15.9 Å². The molecule has 0 nitrogen and oxygen atoms in total. The molecule has 0 bridgehead atoms. The van der Waals surface area contributed by atoms with Crippen molar-refractivity contribution in [1.29, 1.82) is 0 Å². The number of halogens is 3. The monoisotopic (exact) mass is 318 g/mol. The van der Waals surface area contributed by atoms with Crippen molar-refractivity contribution < 1.29 is 29.8 Å². The summed E-state index contributed by atoms with van der Waals surface area (Å²) in [6.45, 7) is 5.00. The maximum absolute atomic E-state index is 12.2. The van der Waals surface area contributed by atoms with Gasteiger partial charge in [0.25, 0.3) is 0 Å². The summed E-state index contributed by atoms with van der Waals surface area (Å²) in [6, 6.07) is 4.28. The largest absolute Gasteiger partial charge is 2.00 e. The Hall–Kier alpha value is 0.248. The summed E-state index contributed by atoms with van der Waals surface area (Å²) in [5.41, 5.74) is 0. The molecule has 0 atom stereocenters. The fourth-order valence-electron chi connectivity index (χ4n) is 0.426. The maximum Gasteiger partial charge on any atom is 2.00 e. The predicted molar refractivity (Wildman–Crippen MR) is 43.9 cm³/mol. The zero-order valence-electron chi connectivity index (χ0n) is 6.40. The summed E-state index contributed by atoms with van der Waals surface area (Å²) >= 11 is 2.86. The number of hydrogen-bond donors (Lipinski definition) is 0. The van der Waals surface area contributed by atoms with Gasteiger partial charge in [0.05, 0.1) is 0 Å². The van der Waals surface area contributed by atoms with E-state index in [-0.39, 0.29) is 25.5 Å². The Labute approximate surface area is 93.8 Å². The molecule has 0 amide bonds. The number of benzene rings is 1. The second-order valence-electron chi connectivity index (χ2n) is 1.47. The Morgan fingerprint density at radius 1 is 1.33 bits per heavy atom. The van der Waals surface area contributed by atoms with Crippen LogP contribution in [0.5, 0.6) is 0 Å². The molecule has 0 aromatic heterocycles. The molecule has 0 aliphatic heterocycles. The molecule has 0 heterocycles. The molecule has 0 saturated carbocycles. The predicted octanol–water partition coefficient (Wildman–Crippen LogP) is 3.37. The Bertz CT molecular complexity index is 228. The van der Waals surface area contributed by atoms with E-state index < -0.39 is 11.6 Å². The normalized spacial score (nSPS) is 7.75. The fourth-order valence-corrected chi connectivity index (χ4v) is 0.657. The minimum atomic E-state index is -0.699. The summed E-state index contributed by atoms with van der Waals surface area (Å²) in [5.74, 6) is -1.38. The summed E-state index contributed by atoms with van der Waals surface area (Å²) in [7, 11) is 0. The van der Waals surface area contributed by atoms with E-state index in [9.17, 15) is 8.78 Å². The molecular weight excluding hydrogens is 310 g/mol. The van der Waals surface area contributed by atoms with Crippen LogP contribution in [0.1, 0.15) is 6.92 Å². The van der Waals surface area contributed by atoms with Gasteiger partial charge in [0.1, 0.15) is 0 Å². The minimum Gasteiger partial charge on any atom is -0.346 e. The van der Waals surface area contributed by atoms with E-state index in [0.29, 0.717) is 0 Å². The second kappa shape index (κ2) is 7.87. The first-order chi connectivity index (χ1) is 5.20. The molecule has 0 fully saturated rings. The van der Waals surface area contributed by atoms with Crippen molar-refractivity contribution in [3.8, 4) is 0 Å². The van der Waals surface area contributed by atoms with Crippen molar-refractivity contribution in [3.63, 3.8) is 0 Å². The Morgan fingerprint density at radius 2 is 1.83 bits per heavy atom. The summed E-state index contributed by atoms with van der Waals surface area (Å²) < 4.78 is 24.5. The molecule has 1 rings (SSSR count). The van der Waals surface area contributed by atoms with Gasteiger partial charge in [0.2, 0.25) is 0 Å². The van der Waals surface area contributed by atoms with Crippen molar-refractivity contribution in [2.45, 2.75) is 6.92 Å². The Morgan fingerprint density at radius 3 is 2.17 bits per heavy atom. The molecule has 4 heteroatoms. The van der Waals surface area contributed by atoms with Crippen LogP contribution in [0.4, 0.5) is 8.78 Å². The van der Waals surface area contributed by atoms with E-state index in [1.807, 2.05) is 6.07 Å². The van der Waals surface area contributed by atoms with Gasteiger partial charge in [-0.05, 0) is 0 Å². The summed E-state index contributed by atoms with van der Waals surface area (Å²) in [6.07, 6.45) is 0. The SMILES string of the molecule is Fc1[c-]c(F)c(Br)cc1.[CH2-]C.[Mo+2]. The molecule has 66 valence electrons. The molecule has 1 aromatic carbocycles. The second-order valence-corrected chi connectivity index (χ2v) is 2.32. The van der Waals surface area contributed by atoms with Gasteiger partial charge in [-0.2, -0.15) is 13.0 Å². The van der Waals surface area contributed by atoms with Crippen LogP contribution in [0.3, 0.4) is 0 Å². The molecule has 12 heavy (non-hydrogen) atoms. The third kappa shape index (κ3) is 4.99. The van der Waals surface area contributed by atoms with Gasteiger partial charge < -0.3 is 6.92 Å². The topological polar surface area (TPSA) is 0 Å². The summed E-state index contributed by atoms with van der Waals surface area (Å²) in [4.78, 5) is 0. The van der Waals surface area contributed by atoms with Crippen LogP contribution in [-0.4, -0.2) is 0 Å². The molecule has 0 spiro atoms. The van der Waals surface area contributed by atoms with Crippen molar-refractivity contribution >= 4 is 15.9 Å². The first kappa shape index (κ1) is 14.8. The zero-order valence-corrected chi connectivity index (χ0v) is 10.00. The minimum absolute atomic E-state index is 0. The van der Waals surface area contributed by atoms with Crippen LogP contribution in [0.2, 0.25) is 0 Å². The van der Waals surface area contributed by atoms with Crippen molar-refractivity contribution in [2.24, 2.45) is 0 Å². The smallest absolute Gasteiger partial charge is 0.346 e. The van der Waals surface area contributed by atoms with Crippen LogP contribution in [-0.2, 0) is 21.1 Å². The van der Waals surface area contributed by atoms with Gasteiger partial charge >= 0.3 is 21.1 Å². The molecule has 0 radical (unpaired) electrons. The molecule has 0 unspecified atom stereocenters. The first-order valence-electron chi connectivity index (χ1n) is 2.93. The van der Waals surface area contributed by atoms with E-state index in [4.69, 9.17) is 0 Å². The standard InChI is InChI=1S/C6H2BrF2.C2H5.Mo/c7-5-2-1-4(8)3-6(5)9;1-2;/h1-2H;1H2,2H3;/q2*-1;+2. The Balaban J connectivity index is 0. The van der Waals surface area contributed by atoms with Gasteiger partial charge in [0, 0.05) is 11.6 Å². The maximum atomic E-state index is 12.2. The van der Waals surface area contributed by atoms with Crippen molar-refractivity contribution in [1.82, 2.24) is 0 Å². The number of hydrogen-bond acceptors (Lipinski definition) is 0. The van der Waals surface area contributed by atoms with Crippen molar-refractivity contribution in [2.75, 3.05) is 0 Å². The van der Waals surface area contributed by atoms with E-state index in [0.717, 1.165) is 6.07 Å². The van der Waals surface area contributed by atoms with Crippen LogP contribution in [0.15, 0.2) is 16.6 Å². The van der Waals surface area contributed by atoms with Gasteiger partial charge in [-0.1, -0.05) is 4.47 Å². The summed E-state index contributed by atoms with van der Waals surface area (Å²) in [5, 5.41) is 0. The fraction of sp³-hybridized carbons (Fsp3) is 0.125. The van der Waals surface area contributed by atoms with E-state index >= 15 is 0 Å². The molecule has 0 aliphatic carbocycles. The third-order valence-corrected chi connectivity index (χ3v) is 1.43. The van der Waals surface area contributed by atoms with Gasteiger partial charge in [-0.15, -0.1) is 28.1 Å². The zero-order chi connectivity index (χ0) is 8.85. The van der Waals surface area contributed by atoms with Crippen LogP contribution < -0.4 is 0 Å². The average Bonchev–Trinajstić information content (AvgIpc) is 2.02. The van der Waals surface area contributed by atoms with Gasteiger partial charge in [-0.25, -0.2) is 8.78 Å². The van der Waals surface area contributed by atoms with Gasteiger partial charge in [-0.3, -0.25) is 0 Å². The molecule has 0 aliphatic rings. The Kier molecular flexibility index (Phi) is 9.68. The molecular formula is C8H7BrF2Mo. The van der Waals surface area contributed by atoms with Gasteiger partial charge in [0.15, 0.2) is 0 Å². The molecule has 0 N–H and O–H groups in total. The number of rotatable bonds is 0.